The predicted octanol–water partition coefficient (Wildman–Crippen LogP) is -1.70. The summed E-state index contributed by atoms with van der Waals surface area (Å²) in [5.41, 5.74) is 0. The maximum atomic E-state index is 8.25. The average Bonchev–Trinajstić information content (AvgIpc) is 1.50. The van der Waals surface area contributed by atoms with Crippen molar-refractivity contribution in [3.05, 3.63) is 0 Å². The van der Waals surface area contributed by atoms with Gasteiger partial charge in [-0.15, -0.1) is 0 Å². The van der Waals surface area contributed by atoms with Crippen LogP contribution in [0.3, 0.4) is 0 Å². The van der Waals surface area contributed by atoms with Crippen LogP contribution in [-0.4, -0.2) is 48.9 Å². The molecule has 0 saturated carbocycles. The zero-order valence-corrected chi connectivity index (χ0v) is 7.96. The standard InChI is InChI=1S/Ba.Cu.2FO.2H/c;;2*1-2;;/q2*+2;4*-1. The normalized spacial score (nSPS) is 2.00. The van der Waals surface area contributed by atoms with E-state index in [1.54, 1.807) is 0 Å². The van der Waals surface area contributed by atoms with E-state index < -0.39 is 0 Å². The maximum Gasteiger partial charge on any atom is 2.00 e. The minimum Gasteiger partial charge on any atom is -1.00 e. The van der Waals surface area contributed by atoms with E-state index in [1.165, 1.54) is 0 Å². The molecule has 41 valence electrons. The summed E-state index contributed by atoms with van der Waals surface area (Å²) in [6, 6.07) is 0. The van der Waals surface area contributed by atoms with Crippen LogP contribution < -0.4 is 10.6 Å². The van der Waals surface area contributed by atoms with Crippen LogP contribution in [0, 0.1) is 0 Å². The fourth-order valence-electron chi connectivity index (χ4n) is 0. The Morgan fingerprint density at radius 2 is 1.00 bits per heavy atom. The summed E-state index contributed by atoms with van der Waals surface area (Å²) in [6.07, 6.45) is 0. The zero-order valence-electron chi connectivity index (χ0n) is 4.58. The Bertz CT molecular complexity index is 18.0. The first-order chi connectivity index (χ1) is 2.00. The van der Waals surface area contributed by atoms with Crippen molar-refractivity contribution in [3.8, 4) is 0 Å². The van der Waals surface area contributed by atoms with E-state index >= 15 is 0 Å². The van der Waals surface area contributed by atoms with Crippen LogP contribution in [0.15, 0.2) is 0 Å². The van der Waals surface area contributed by atoms with Gasteiger partial charge in [-0.2, -0.15) is 0 Å². The molecule has 0 saturated heterocycles. The van der Waals surface area contributed by atoms with Crippen molar-refractivity contribution in [1.29, 1.82) is 0 Å². The van der Waals surface area contributed by atoms with Crippen molar-refractivity contribution in [3.63, 3.8) is 0 Å². The number of rotatable bonds is 0. The Morgan fingerprint density at radius 3 is 1.00 bits per heavy atom. The Hall–Kier alpha value is 1.87. The van der Waals surface area contributed by atoms with Gasteiger partial charge in [0.25, 0.3) is 0 Å². The fraction of sp³-hybridized carbons (Fsp3) is 0. The second-order valence-corrected chi connectivity index (χ2v) is 0. The van der Waals surface area contributed by atoms with Gasteiger partial charge in [-0.05, 0) is 0 Å². The van der Waals surface area contributed by atoms with Gasteiger partial charge >= 0.3 is 65.9 Å². The largest absolute Gasteiger partial charge is 2.00 e. The van der Waals surface area contributed by atoms with Crippen molar-refractivity contribution in [2.24, 2.45) is 0 Å². The SMILES string of the molecule is [Ba+2].[Cu+2].[H-].[H-].[O-]F.[O-]F. The van der Waals surface area contributed by atoms with E-state index in [2.05, 4.69) is 0 Å². The first-order valence-corrected chi connectivity index (χ1v) is 0.309. The van der Waals surface area contributed by atoms with Crippen LogP contribution in [0.4, 0.5) is 9.05 Å². The van der Waals surface area contributed by atoms with Gasteiger partial charge in [0, 0.05) is 0 Å². The molecule has 0 aromatic heterocycles. The van der Waals surface area contributed by atoms with E-state index in [-0.39, 0.29) is 68.8 Å². The van der Waals surface area contributed by atoms with E-state index in [4.69, 9.17) is 19.7 Å². The molecular formula is H2BaCuF2O2. The molecule has 0 bridgehead atoms. The summed E-state index contributed by atoms with van der Waals surface area (Å²) in [5, 5.41) is 13.5. The Balaban J connectivity index is -0.00000000167. The summed E-state index contributed by atoms with van der Waals surface area (Å²) in [5.74, 6) is 0. The quantitative estimate of drug-likeness (QED) is 0.494. The third-order valence-electron chi connectivity index (χ3n) is 0. The van der Waals surface area contributed by atoms with Gasteiger partial charge in [0.1, 0.15) is 0 Å². The molecular weight excluding hydrogens is 271 g/mol. The van der Waals surface area contributed by atoms with Crippen LogP contribution in [-0.2, 0) is 17.1 Å². The van der Waals surface area contributed by atoms with Gasteiger partial charge in [0.05, 0.1) is 0 Å². The van der Waals surface area contributed by atoms with Gasteiger partial charge in [-0.25, -0.2) is 0 Å². The second-order valence-electron chi connectivity index (χ2n) is 0. The second kappa shape index (κ2) is 67.7. The van der Waals surface area contributed by atoms with Gasteiger partial charge in [0.15, 0.2) is 0 Å². The molecule has 0 spiro atoms. The summed E-state index contributed by atoms with van der Waals surface area (Å²) in [6.45, 7) is 0. The maximum absolute atomic E-state index is 8.25. The van der Waals surface area contributed by atoms with E-state index in [0.717, 1.165) is 0 Å². The van der Waals surface area contributed by atoms with Gasteiger partial charge in [-0.3, -0.25) is 0 Å². The molecule has 0 rings (SSSR count). The van der Waals surface area contributed by atoms with Crippen LogP contribution in [0.25, 0.3) is 0 Å². The van der Waals surface area contributed by atoms with Crippen molar-refractivity contribution < 1.29 is 39.6 Å². The third kappa shape index (κ3) is 39.8. The molecule has 0 aliphatic rings. The van der Waals surface area contributed by atoms with Crippen molar-refractivity contribution in [2.75, 3.05) is 0 Å². The molecule has 0 aromatic carbocycles. The Labute approximate surface area is 87.2 Å². The van der Waals surface area contributed by atoms with Crippen molar-refractivity contribution in [1.82, 2.24) is 0 Å². The molecule has 0 amide bonds. The van der Waals surface area contributed by atoms with E-state index in [0.29, 0.717) is 0 Å². The monoisotopic (exact) mass is 273 g/mol. The average molecular weight is 273 g/mol. The molecule has 0 heterocycles. The molecule has 0 aliphatic carbocycles. The number of hydrogen-bond acceptors (Lipinski definition) is 2. The van der Waals surface area contributed by atoms with E-state index in [9.17, 15) is 0 Å². The summed E-state index contributed by atoms with van der Waals surface area (Å²) < 4.78 is 16.5. The van der Waals surface area contributed by atoms with Crippen LogP contribution in [0.1, 0.15) is 2.85 Å². The first kappa shape index (κ1) is 24.8. The van der Waals surface area contributed by atoms with Gasteiger partial charge in [-0.1, -0.05) is 0 Å². The Morgan fingerprint density at radius 1 is 1.00 bits per heavy atom. The fourth-order valence-corrected chi connectivity index (χ4v) is 0. The number of halogens is 2. The summed E-state index contributed by atoms with van der Waals surface area (Å²) in [7, 11) is 0. The minimum atomic E-state index is 0. The molecule has 0 aromatic rings. The van der Waals surface area contributed by atoms with Crippen LogP contribution in [0.2, 0.25) is 0 Å². The van der Waals surface area contributed by atoms with Gasteiger partial charge in [0.2, 0.25) is 0 Å². The van der Waals surface area contributed by atoms with Crippen molar-refractivity contribution in [2.45, 2.75) is 0 Å². The topological polar surface area (TPSA) is 46.1 Å². The third-order valence-corrected chi connectivity index (χ3v) is 0. The molecule has 6 heavy (non-hydrogen) atoms. The first-order valence-electron chi connectivity index (χ1n) is 0.309. The molecule has 1 radical (unpaired) electrons. The molecule has 0 fully saturated rings. The Kier molecular flexibility index (Phi) is 280. The van der Waals surface area contributed by atoms with Gasteiger partial charge < -0.3 is 22.5 Å². The van der Waals surface area contributed by atoms with Crippen LogP contribution in [0.5, 0.6) is 0 Å². The minimum absolute atomic E-state index is 0. The molecule has 2 nitrogen and oxygen atoms in total. The van der Waals surface area contributed by atoms with E-state index in [1.807, 2.05) is 0 Å². The summed E-state index contributed by atoms with van der Waals surface area (Å²) >= 11 is 0. The molecule has 0 aliphatic heterocycles. The zero-order chi connectivity index (χ0) is 4.00. The number of hydrogen-bond donors (Lipinski definition) is 0. The van der Waals surface area contributed by atoms with Crippen LogP contribution >= 0.6 is 0 Å². The molecule has 0 unspecified atom stereocenters. The smallest absolute Gasteiger partial charge is 1.00 e. The predicted molar refractivity (Wildman–Crippen MR) is 10.2 cm³/mol. The molecule has 6 heteroatoms. The molecule has 0 atom stereocenters. The summed E-state index contributed by atoms with van der Waals surface area (Å²) in [4.78, 5) is 0. The molecule has 0 N–H and O–H groups in total. The van der Waals surface area contributed by atoms with Crippen molar-refractivity contribution >= 4 is 48.9 Å².